The first kappa shape index (κ1) is 21.3. The lowest BCUT2D eigenvalue weighted by molar-refractivity contribution is -0.151. The Morgan fingerprint density at radius 3 is 2.72 bits per heavy atom. The van der Waals surface area contributed by atoms with Crippen molar-refractivity contribution in [1.29, 1.82) is 0 Å². The summed E-state index contributed by atoms with van der Waals surface area (Å²) in [6.45, 7) is 2.15. The Kier molecular flexibility index (Phi) is 6.92. The molecule has 1 aliphatic heterocycles. The maximum Gasteiger partial charge on any atom is 0.311 e. The van der Waals surface area contributed by atoms with Crippen molar-refractivity contribution in [3.63, 3.8) is 0 Å². The number of nitrogens with zero attached hydrogens (tertiary/aromatic N) is 1. The van der Waals surface area contributed by atoms with Gasteiger partial charge in [0.1, 0.15) is 0 Å². The molecule has 2 amide bonds. The maximum absolute atomic E-state index is 12.3. The van der Waals surface area contributed by atoms with E-state index < -0.39 is 24.4 Å². The van der Waals surface area contributed by atoms with Gasteiger partial charge in [-0.25, -0.2) is 0 Å². The van der Waals surface area contributed by atoms with E-state index in [9.17, 15) is 14.4 Å². The fourth-order valence-electron chi connectivity index (χ4n) is 3.11. The monoisotopic (exact) mass is 478 g/mol. The number of anilines is 1. The van der Waals surface area contributed by atoms with E-state index in [1.807, 2.05) is 37.3 Å². The van der Waals surface area contributed by atoms with Gasteiger partial charge in [-0.15, -0.1) is 0 Å². The highest BCUT2D eigenvalue weighted by Gasteiger charge is 2.35. The van der Waals surface area contributed by atoms with Crippen LogP contribution in [0.15, 0.2) is 46.9 Å². The number of rotatable bonds is 6. The zero-order chi connectivity index (χ0) is 21.0. The summed E-state index contributed by atoms with van der Waals surface area (Å²) >= 11 is 9.37. The van der Waals surface area contributed by atoms with Crippen LogP contribution in [-0.4, -0.2) is 35.8 Å². The molecule has 1 heterocycles. The van der Waals surface area contributed by atoms with Crippen LogP contribution in [0.3, 0.4) is 0 Å². The van der Waals surface area contributed by atoms with Crippen molar-refractivity contribution in [1.82, 2.24) is 4.90 Å². The molecule has 0 radical (unpaired) electrons. The molecule has 29 heavy (non-hydrogen) atoms. The van der Waals surface area contributed by atoms with Gasteiger partial charge in [0.15, 0.2) is 6.61 Å². The molecule has 8 heteroatoms. The second-order valence-corrected chi connectivity index (χ2v) is 8.16. The van der Waals surface area contributed by atoms with Crippen LogP contribution in [0.5, 0.6) is 0 Å². The predicted octanol–water partition coefficient (Wildman–Crippen LogP) is 3.94. The van der Waals surface area contributed by atoms with Crippen LogP contribution in [0, 0.1) is 12.8 Å². The normalized spacial score (nSPS) is 16.0. The Bertz CT molecular complexity index is 936. The van der Waals surface area contributed by atoms with Gasteiger partial charge < -0.3 is 15.0 Å². The zero-order valence-corrected chi connectivity index (χ0v) is 18.1. The van der Waals surface area contributed by atoms with Gasteiger partial charge in [0.05, 0.1) is 10.9 Å². The Balaban J connectivity index is 1.50. The van der Waals surface area contributed by atoms with Crippen molar-refractivity contribution in [2.75, 3.05) is 18.5 Å². The molecule has 0 saturated carbocycles. The van der Waals surface area contributed by atoms with E-state index in [0.29, 0.717) is 17.3 Å². The smallest absolute Gasteiger partial charge is 0.311 e. The van der Waals surface area contributed by atoms with Crippen molar-refractivity contribution < 1.29 is 19.1 Å². The molecular formula is C21H20BrClN2O4. The van der Waals surface area contributed by atoms with Crippen molar-refractivity contribution in [3.8, 4) is 0 Å². The van der Waals surface area contributed by atoms with Gasteiger partial charge in [0.25, 0.3) is 5.91 Å². The van der Waals surface area contributed by atoms with E-state index in [4.69, 9.17) is 16.3 Å². The van der Waals surface area contributed by atoms with E-state index in [-0.39, 0.29) is 18.9 Å². The SMILES string of the molecule is Cc1cc(Br)c(Cl)cc1NC(=O)COC(=O)[C@H]1CC(=O)N(Cc2ccccc2)C1. The van der Waals surface area contributed by atoms with Gasteiger partial charge in [-0.05, 0) is 46.1 Å². The second-order valence-electron chi connectivity index (χ2n) is 6.90. The Morgan fingerprint density at radius 1 is 1.28 bits per heavy atom. The summed E-state index contributed by atoms with van der Waals surface area (Å²) in [7, 11) is 0. The third kappa shape index (κ3) is 5.58. The molecule has 3 rings (SSSR count). The van der Waals surface area contributed by atoms with Gasteiger partial charge >= 0.3 is 5.97 Å². The molecule has 2 aromatic rings. The van der Waals surface area contributed by atoms with Crippen LogP contribution in [0.2, 0.25) is 5.02 Å². The van der Waals surface area contributed by atoms with E-state index in [2.05, 4.69) is 21.2 Å². The zero-order valence-electron chi connectivity index (χ0n) is 15.8. The number of carbonyl (C=O) groups excluding carboxylic acids is 3. The summed E-state index contributed by atoms with van der Waals surface area (Å²) in [5.74, 6) is -1.68. The topological polar surface area (TPSA) is 75.7 Å². The standard InChI is InChI=1S/C21H20BrClN2O4/c1-13-7-16(22)17(23)9-18(13)24-19(26)12-29-21(28)15-8-20(27)25(11-15)10-14-5-3-2-4-6-14/h2-7,9,15H,8,10-12H2,1H3,(H,24,26)/t15-/m0/s1. The van der Waals surface area contributed by atoms with Gasteiger partial charge in [0.2, 0.25) is 5.91 Å². The number of hydrogen-bond donors (Lipinski definition) is 1. The molecule has 0 aliphatic carbocycles. The number of amides is 2. The minimum Gasteiger partial charge on any atom is -0.455 e. The van der Waals surface area contributed by atoms with Gasteiger partial charge in [-0.2, -0.15) is 0 Å². The number of benzene rings is 2. The number of hydrogen-bond acceptors (Lipinski definition) is 4. The number of esters is 1. The molecule has 1 atom stereocenters. The van der Waals surface area contributed by atoms with Crippen LogP contribution in [-0.2, 0) is 25.7 Å². The summed E-state index contributed by atoms with van der Waals surface area (Å²) in [5, 5.41) is 3.14. The number of nitrogens with one attached hydrogen (secondary N) is 1. The summed E-state index contributed by atoms with van der Waals surface area (Å²) in [6, 6.07) is 13.0. The Morgan fingerprint density at radius 2 is 2.00 bits per heavy atom. The Labute approximate surface area is 182 Å². The quantitative estimate of drug-likeness (QED) is 0.637. The van der Waals surface area contributed by atoms with Crippen LogP contribution in [0.1, 0.15) is 17.5 Å². The lowest BCUT2D eigenvalue weighted by Crippen LogP contribution is -2.28. The van der Waals surface area contributed by atoms with E-state index >= 15 is 0 Å². The van der Waals surface area contributed by atoms with Crippen LogP contribution in [0.4, 0.5) is 5.69 Å². The first-order valence-electron chi connectivity index (χ1n) is 9.07. The van der Waals surface area contributed by atoms with Crippen LogP contribution < -0.4 is 5.32 Å². The number of halogens is 2. The molecule has 0 spiro atoms. The molecular weight excluding hydrogens is 460 g/mol. The fraction of sp³-hybridized carbons (Fsp3) is 0.286. The third-order valence-corrected chi connectivity index (χ3v) is 5.85. The highest BCUT2D eigenvalue weighted by molar-refractivity contribution is 9.10. The molecule has 1 saturated heterocycles. The molecule has 1 aliphatic rings. The van der Waals surface area contributed by atoms with Gasteiger partial charge in [-0.3, -0.25) is 14.4 Å². The summed E-state index contributed by atoms with van der Waals surface area (Å²) in [4.78, 5) is 38.3. The average Bonchev–Trinajstić information content (AvgIpc) is 3.05. The van der Waals surface area contributed by atoms with Gasteiger partial charge in [-0.1, -0.05) is 41.9 Å². The van der Waals surface area contributed by atoms with Crippen molar-refractivity contribution in [2.45, 2.75) is 19.9 Å². The number of likely N-dealkylation sites (tertiary alicyclic amines) is 1. The van der Waals surface area contributed by atoms with Crippen LogP contribution >= 0.6 is 27.5 Å². The van der Waals surface area contributed by atoms with Crippen LogP contribution in [0.25, 0.3) is 0 Å². The molecule has 152 valence electrons. The highest BCUT2D eigenvalue weighted by atomic mass is 79.9. The molecule has 0 aromatic heterocycles. The largest absolute Gasteiger partial charge is 0.455 e. The first-order chi connectivity index (χ1) is 13.8. The molecule has 1 fully saturated rings. The highest BCUT2D eigenvalue weighted by Crippen LogP contribution is 2.29. The van der Waals surface area contributed by atoms with Crippen molar-refractivity contribution >= 4 is 51.0 Å². The van der Waals surface area contributed by atoms with Gasteiger partial charge in [0, 0.05) is 29.7 Å². The predicted molar refractivity (Wildman–Crippen MR) is 113 cm³/mol. The average molecular weight is 480 g/mol. The van der Waals surface area contributed by atoms with E-state index in [1.165, 1.54) is 0 Å². The minimum absolute atomic E-state index is 0.0920. The van der Waals surface area contributed by atoms with Crippen molar-refractivity contribution in [3.05, 3.63) is 63.1 Å². The van der Waals surface area contributed by atoms with Crippen molar-refractivity contribution in [2.24, 2.45) is 5.92 Å². The molecule has 1 N–H and O–H groups in total. The lowest BCUT2D eigenvalue weighted by atomic mass is 10.1. The summed E-state index contributed by atoms with van der Waals surface area (Å²) in [6.07, 6.45) is 0.0920. The second kappa shape index (κ2) is 9.41. The number of carbonyl (C=O) groups is 3. The number of aryl methyl sites for hydroxylation is 1. The van der Waals surface area contributed by atoms with E-state index in [1.54, 1.807) is 17.0 Å². The first-order valence-corrected chi connectivity index (χ1v) is 10.2. The van der Waals surface area contributed by atoms with E-state index in [0.717, 1.165) is 15.6 Å². The molecule has 0 unspecified atom stereocenters. The number of ether oxygens (including phenoxy) is 1. The summed E-state index contributed by atoms with van der Waals surface area (Å²) in [5.41, 5.74) is 2.36. The Hall–Kier alpha value is -2.38. The molecule has 0 bridgehead atoms. The summed E-state index contributed by atoms with van der Waals surface area (Å²) < 4.78 is 5.86. The molecule has 2 aromatic carbocycles. The molecule has 6 nitrogen and oxygen atoms in total. The maximum atomic E-state index is 12.3. The third-order valence-electron chi connectivity index (χ3n) is 4.65. The lowest BCUT2D eigenvalue weighted by Gasteiger charge is -2.16. The minimum atomic E-state index is -0.567. The fourth-order valence-corrected chi connectivity index (χ4v) is 3.73.